The van der Waals surface area contributed by atoms with Gasteiger partial charge in [0.25, 0.3) is 0 Å². The molecule has 2 fully saturated rings. The summed E-state index contributed by atoms with van der Waals surface area (Å²) >= 11 is 2.20. The van der Waals surface area contributed by atoms with Gasteiger partial charge in [0.15, 0.2) is 28.8 Å². The molecule has 2 aliphatic carbocycles. The molecule has 0 aromatic heterocycles. The third-order valence-corrected chi connectivity index (χ3v) is 11.6. The zero-order valence-corrected chi connectivity index (χ0v) is 28.5. The highest BCUT2D eigenvalue weighted by Crippen LogP contribution is 2.74. The van der Waals surface area contributed by atoms with Crippen molar-refractivity contribution in [3.8, 4) is 23.0 Å². The van der Waals surface area contributed by atoms with Crippen LogP contribution in [0.4, 0.5) is 5.69 Å². The third kappa shape index (κ3) is 3.62. The molecular formula is C41H26INO7. The number of anilines is 1. The van der Waals surface area contributed by atoms with Crippen LogP contribution in [-0.2, 0) is 25.2 Å². The molecular weight excluding hydrogens is 745 g/mol. The minimum Gasteiger partial charge on any atom is -0.454 e. The maximum absolute atomic E-state index is 16.2. The first kappa shape index (κ1) is 29.5. The SMILES string of the molecule is O=C1[C@@H]2[C@H](C(=O)N1c1ccc(I)cc1)[C@@]1(c3ccccc3)C(=O)[C@@]2(c2ccccc2)C(c2ccc3c(c2)OCO3)=C1c1ccc2c(c1)OCO2. The van der Waals surface area contributed by atoms with E-state index in [9.17, 15) is 0 Å². The van der Waals surface area contributed by atoms with E-state index in [0.717, 1.165) is 3.57 Å². The quantitative estimate of drug-likeness (QED) is 0.141. The summed E-state index contributed by atoms with van der Waals surface area (Å²) in [5.74, 6) is -0.828. The van der Waals surface area contributed by atoms with E-state index in [2.05, 4.69) is 22.6 Å². The molecule has 0 spiro atoms. The minimum absolute atomic E-state index is 0.0756. The molecule has 3 aliphatic heterocycles. The fraction of sp³-hybridized carbons (Fsp3) is 0.146. The van der Waals surface area contributed by atoms with Gasteiger partial charge in [0, 0.05) is 3.57 Å². The normalized spacial score (nSPS) is 25.5. The Morgan fingerprint density at radius 2 is 0.980 bits per heavy atom. The van der Waals surface area contributed by atoms with Gasteiger partial charge < -0.3 is 18.9 Å². The van der Waals surface area contributed by atoms with Crippen molar-refractivity contribution in [2.24, 2.45) is 11.8 Å². The van der Waals surface area contributed by atoms with E-state index in [1.54, 1.807) is 12.1 Å². The van der Waals surface area contributed by atoms with Gasteiger partial charge in [0.05, 0.1) is 28.4 Å². The summed E-state index contributed by atoms with van der Waals surface area (Å²) in [4.78, 5) is 47.8. The van der Waals surface area contributed by atoms with Gasteiger partial charge in [-0.1, -0.05) is 72.8 Å². The topological polar surface area (TPSA) is 91.4 Å². The molecule has 0 unspecified atom stereocenters. The number of Topliss-reactive ketones (excluding diaryl/α,β-unsaturated/α-hetero) is 1. The number of hydrogen-bond donors (Lipinski definition) is 0. The zero-order valence-electron chi connectivity index (χ0n) is 26.3. The van der Waals surface area contributed by atoms with Crippen LogP contribution in [0.15, 0.2) is 121 Å². The molecule has 2 bridgehead atoms. The fourth-order valence-corrected chi connectivity index (χ4v) is 9.43. The van der Waals surface area contributed by atoms with Crippen LogP contribution >= 0.6 is 22.6 Å². The van der Waals surface area contributed by atoms with Crippen molar-refractivity contribution in [1.82, 2.24) is 0 Å². The minimum atomic E-state index is -1.55. The van der Waals surface area contributed by atoms with Crippen molar-refractivity contribution in [2.45, 2.75) is 10.8 Å². The van der Waals surface area contributed by atoms with Crippen LogP contribution in [0.25, 0.3) is 11.1 Å². The molecule has 5 aliphatic rings. The highest BCUT2D eigenvalue weighted by Gasteiger charge is 2.82. The number of nitrogens with zero attached hydrogens (tertiary/aromatic N) is 1. The third-order valence-electron chi connectivity index (χ3n) is 10.9. The molecule has 5 aromatic rings. The van der Waals surface area contributed by atoms with Crippen LogP contribution in [0.1, 0.15) is 22.3 Å². The summed E-state index contributed by atoms with van der Waals surface area (Å²) in [6.07, 6.45) is 0. The summed E-state index contributed by atoms with van der Waals surface area (Å²) in [6, 6.07) is 37.5. The van der Waals surface area contributed by atoms with Crippen LogP contribution in [0.2, 0.25) is 0 Å². The van der Waals surface area contributed by atoms with E-state index in [1.807, 2.05) is 109 Å². The Morgan fingerprint density at radius 3 is 1.44 bits per heavy atom. The summed E-state index contributed by atoms with van der Waals surface area (Å²) in [5, 5.41) is 0. The average Bonchev–Trinajstić information content (AvgIpc) is 3.96. The Morgan fingerprint density at radius 1 is 0.540 bits per heavy atom. The van der Waals surface area contributed by atoms with Gasteiger partial charge in [0.2, 0.25) is 25.4 Å². The van der Waals surface area contributed by atoms with Gasteiger partial charge in [-0.05, 0) is 105 Å². The van der Waals surface area contributed by atoms with Crippen molar-refractivity contribution in [3.63, 3.8) is 0 Å². The predicted molar refractivity (Wildman–Crippen MR) is 192 cm³/mol. The maximum Gasteiger partial charge on any atom is 0.239 e. The molecule has 1 saturated heterocycles. The van der Waals surface area contributed by atoms with E-state index in [4.69, 9.17) is 18.9 Å². The molecule has 50 heavy (non-hydrogen) atoms. The number of ketones is 1. The Hall–Kier alpha value is -5.42. The standard InChI is InChI=1S/C41H26INO7/c42-27-13-15-28(16-14-27)43-37(44)35-36(38(43)45)41(26-9-5-2-6-10-26)34(24-12-18-30-32(20-24)50-22-48-30)33(23-11-17-29-31(19-23)49-21-47-29)40(35,39(41)46)25-7-3-1-4-8-25/h1-20,35-36H,21-22H2/t35-,36+,40-,41-/m0/s1. The number of carbonyl (C=O) groups excluding carboxylic acids is 3. The number of benzene rings is 5. The molecule has 8 nitrogen and oxygen atoms in total. The fourth-order valence-electron chi connectivity index (χ4n) is 9.07. The van der Waals surface area contributed by atoms with Crippen molar-refractivity contribution < 1.29 is 33.3 Å². The van der Waals surface area contributed by atoms with Gasteiger partial charge in [0.1, 0.15) is 0 Å². The van der Waals surface area contributed by atoms with Crippen LogP contribution in [-0.4, -0.2) is 31.2 Å². The lowest BCUT2D eigenvalue weighted by molar-refractivity contribution is -0.130. The molecule has 3 heterocycles. The number of imide groups is 1. The molecule has 9 heteroatoms. The van der Waals surface area contributed by atoms with Crippen molar-refractivity contribution in [2.75, 3.05) is 18.5 Å². The Kier molecular flexibility index (Phi) is 6.22. The largest absolute Gasteiger partial charge is 0.454 e. The molecule has 0 radical (unpaired) electrons. The number of ether oxygens (including phenoxy) is 4. The first-order valence-electron chi connectivity index (χ1n) is 16.3. The van der Waals surface area contributed by atoms with Gasteiger partial charge in [-0.2, -0.15) is 0 Å². The number of allylic oxidation sites excluding steroid dienone is 2. The van der Waals surface area contributed by atoms with Crippen molar-refractivity contribution in [1.29, 1.82) is 0 Å². The van der Waals surface area contributed by atoms with Crippen molar-refractivity contribution in [3.05, 3.63) is 147 Å². The van der Waals surface area contributed by atoms with Gasteiger partial charge in [-0.3, -0.25) is 14.4 Å². The monoisotopic (exact) mass is 771 g/mol. The maximum atomic E-state index is 16.2. The predicted octanol–water partition coefficient (Wildman–Crippen LogP) is 6.94. The second kappa shape index (κ2) is 10.5. The molecule has 1 saturated carbocycles. The summed E-state index contributed by atoms with van der Waals surface area (Å²) in [5.41, 5.74) is 1.37. The summed E-state index contributed by atoms with van der Waals surface area (Å²) in [7, 11) is 0. The Bertz CT molecular complexity index is 2180. The lowest BCUT2D eigenvalue weighted by Gasteiger charge is -2.39. The van der Waals surface area contributed by atoms with Crippen LogP contribution in [0.3, 0.4) is 0 Å². The smallest absolute Gasteiger partial charge is 0.239 e. The van der Waals surface area contributed by atoms with Gasteiger partial charge >= 0.3 is 0 Å². The second-order valence-electron chi connectivity index (χ2n) is 13.0. The van der Waals surface area contributed by atoms with Crippen LogP contribution < -0.4 is 23.8 Å². The molecule has 5 aromatic carbocycles. The zero-order chi connectivity index (χ0) is 33.8. The molecule has 4 atom stereocenters. The first-order valence-corrected chi connectivity index (χ1v) is 17.4. The summed E-state index contributed by atoms with van der Waals surface area (Å²) < 4.78 is 24.1. The summed E-state index contributed by atoms with van der Waals surface area (Å²) in [6.45, 7) is 0.151. The number of amides is 2. The second-order valence-corrected chi connectivity index (χ2v) is 14.3. The number of fused-ring (bicyclic) bond motifs is 7. The van der Waals surface area contributed by atoms with E-state index in [-0.39, 0.29) is 19.4 Å². The average molecular weight is 772 g/mol. The van der Waals surface area contributed by atoms with E-state index >= 15 is 14.4 Å². The lowest BCUT2D eigenvalue weighted by atomic mass is 9.59. The lowest BCUT2D eigenvalue weighted by Crippen LogP contribution is -2.45. The molecule has 0 N–H and O–H groups in total. The number of rotatable bonds is 5. The van der Waals surface area contributed by atoms with E-state index in [0.29, 0.717) is 62.1 Å². The number of hydrogen-bond acceptors (Lipinski definition) is 7. The Balaban J connectivity index is 1.37. The number of carbonyl (C=O) groups is 3. The van der Waals surface area contributed by atoms with E-state index in [1.165, 1.54) is 4.90 Å². The van der Waals surface area contributed by atoms with E-state index < -0.39 is 34.5 Å². The van der Waals surface area contributed by atoms with Gasteiger partial charge in [-0.25, -0.2) is 4.90 Å². The molecule has 10 rings (SSSR count). The highest BCUT2D eigenvalue weighted by molar-refractivity contribution is 14.1. The van der Waals surface area contributed by atoms with Gasteiger partial charge in [-0.15, -0.1) is 0 Å². The van der Waals surface area contributed by atoms with Crippen LogP contribution in [0.5, 0.6) is 23.0 Å². The number of halogens is 1. The Labute approximate surface area is 300 Å². The van der Waals surface area contributed by atoms with Crippen molar-refractivity contribution >= 4 is 57.0 Å². The highest BCUT2D eigenvalue weighted by atomic mass is 127. The molecule has 2 amide bonds. The van der Waals surface area contributed by atoms with Crippen LogP contribution in [0, 0.1) is 15.4 Å². The molecule has 244 valence electrons. The first-order chi connectivity index (χ1) is 24.5.